The molecule has 4 aromatic rings. The van der Waals surface area contributed by atoms with E-state index < -0.39 is 12.0 Å². The molecule has 0 radical (unpaired) electrons. The number of nitrogens with zero attached hydrogens (tertiary/aromatic N) is 6. The van der Waals surface area contributed by atoms with E-state index in [2.05, 4.69) is 31.4 Å². The van der Waals surface area contributed by atoms with Crippen LogP contribution in [0.5, 0.6) is 5.88 Å². The number of aromatic nitrogens is 5. The first-order chi connectivity index (χ1) is 16.5. The van der Waals surface area contributed by atoms with E-state index in [4.69, 9.17) is 9.47 Å². The van der Waals surface area contributed by atoms with Gasteiger partial charge >= 0.3 is 0 Å². The van der Waals surface area contributed by atoms with Crippen LogP contribution >= 0.6 is 0 Å². The molecule has 172 valence electrons. The number of ether oxygens (including phenoxy) is 2. The van der Waals surface area contributed by atoms with Crippen molar-refractivity contribution in [1.29, 1.82) is 5.26 Å². The van der Waals surface area contributed by atoms with Crippen molar-refractivity contribution in [3.8, 4) is 17.6 Å². The van der Waals surface area contributed by atoms with Crippen molar-refractivity contribution in [1.82, 2.24) is 24.7 Å². The largest absolute Gasteiger partial charge is 0.461 e. The van der Waals surface area contributed by atoms with Crippen LogP contribution < -0.4 is 10.1 Å². The molecule has 0 aliphatic heterocycles. The Bertz CT molecular complexity index is 1340. The van der Waals surface area contributed by atoms with E-state index in [-0.39, 0.29) is 18.6 Å². The fourth-order valence-electron chi connectivity index (χ4n) is 3.17. The second kappa shape index (κ2) is 10.1. The van der Waals surface area contributed by atoms with Crippen molar-refractivity contribution < 1.29 is 14.3 Å². The third-order valence-electron chi connectivity index (χ3n) is 4.87. The number of para-hydroxylation sites is 1. The number of carbonyl (C=O) groups excluding carboxylic acids is 1. The Labute approximate surface area is 196 Å². The van der Waals surface area contributed by atoms with Crippen LogP contribution in [0.2, 0.25) is 0 Å². The van der Waals surface area contributed by atoms with Gasteiger partial charge in [0, 0.05) is 6.20 Å². The van der Waals surface area contributed by atoms with E-state index in [1.54, 1.807) is 41.3 Å². The molecule has 0 spiro atoms. The molecular formula is C24H23N7O3. The van der Waals surface area contributed by atoms with Crippen LogP contribution in [0.4, 0.5) is 5.82 Å². The van der Waals surface area contributed by atoms with Gasteiger partial charge in [0.15, 0.2) is 5.65 Å². The van der Waals surface area contributed by atoms with Gasteiger partial charge < -0.3 is 14.8 Å². The van der Waals surface area contributed by atoms with Crippen LogP contribution in [0.25, 0.3) is 16.7 Å². The molecule has 0 aliphatic rings. The first kappa shape index (κ1) is 22.8. The molecule has 10 heteroatoms. The Hall–Kier alpha value is -4.36. The molecule has 10 nitrogen and oxygen atoms in total. The minimum absolute atomic E-state index is 0.00621. The van der Waals surface area contributed by atoms with Gasteiger partial charge in [-0.05, 0) is 44.5 Å². The number of nitrogens with one attached hydrogen (secondary N) is 1. The normalized spacial score (nSPS) is 11.9. The Morgan fingerprint density at radius 2 is 1.97 bits per heavy atom. The summed E-state index contributed by atoms with van der Waals surface area (Å²) >= 11 is 0. The van der Waals surface area contributed by atoms with Gasteiger partial charge in [-0.2, -0.15) is 10.4 Å². The second-order valence-electron chi connectivity index (χ2n) is 7.80. The number of anilines is 1. The number of amides is 1. The summed E-state index contributed by atoms with van der Waals surface area (Å²) in [5.74, 6) is 0.156. The SMILES string of the molecule is Cc1ccc(NC(=O)[C@H](COC(C)C)Oc2ncnc3c2cnn3-c2ccccc2C#N)nc1. The molecule has 4 rings (SSSR count). The number of hydrogen-bond acceptors (Lipinski definition) is 8. The highest BCUT2D eigenvalue weighted by Crippen LogP contribution is 2.25. The summed E-state index contributed by atoms with van der Waals surface area (Å²) in [5, 5.41) is 17.1. The van der Waals surface area contributed by atoms with Crippen LogP contribution in [0.3, 0.4) is 0 Å². The summed E-state index contributed by atoms with van der Waals surface area (Å²) in [6, 6.07) is 12.8. The zero-order valence-corrected chi connectivity index (χ0v) is 19.0. The first-order valence-corrected chi connectivity index (χ1v) is 10.7. The molecular weight excluding hydrogens is 434 g/mol. The van der Waals surface area contributed by atoms with Gasteiger partial charge in [-0.1, -0.05) is 18.2 Å². The monoisotopic (exact) mass is 457 g/mol. The van der Waals surface area contributed by atoms with Crippen molar-refractivity contribution in [2.75, 3.05) is 11.9 Å². The predicted molar refractivity (Wildman–Crippen MR) is 124 cm³/mol. The maximum atomic E-state index is 13.0. The van der Waals surface area contributed by atoms with Crippen molar-refractivity contribution in [3.63, 3.8) is 0 Å². The number of pyridine rings is 1. The molecule has 0 unspecified atom stereocenters. The molecule has 0 saturated carbocycles. The highest BCUT2D eigenvalue weighted by atomic mass is 16.5. The van der Waals surface area contributed by atoms with Gasteiger partial charge in [-0.3, -0.25) is 4.79 Å². The molecule has 3 heterocycles. The molecule has 1 amide bonds. The van der Waals surface area contributed by atoms with Gasteiger partial charge in [-0.15, -0.1) is 0 Å². The molecule has 0 saturated heterocycles. The maximum absolute atomic E-state index is 13.0. The quantitative estimate of drug-likeness (QED) is 0.427. The van der Waals surface area contributed by atoms with Crippen molar-refractivity contribution in [2.24, 2.45) is 0 Å². The smallest absolute Gasteiger partial charge is 0.269 e. The molecule has 3 aromatic heterocycles. The van der Waals surface area contributed by atoms with Crippen LogP contribution in [0.15, 0.2) is 55.1 Å². The fraction of sp³-hybridized carbons (Fsp3) is 0.250. The lowest BCUT2D eigenvalue weighted by molar-refractivity contribution is -0.126. The van der Waals surface area contributed by atoms with Crippen LogP contribution in [-0.2, 0) is 9.53 Å². The lowest BCUT2D eigenvalue weighted by atomic mass is 10.2. The van der Waals surface area contributed by atoms with E-state index in [0.29, 0.717) is 28.1 Å². The average molecular weight is 457 g/mol. The van der Waals surface area contributed by atoms with E-state index in [1.165, 1.54) is 6.33 Å². The van der Waals surface area contributed by atoms with Gasteiger partial charge in [0.25, 0.3) is 5.91 Å². The third kappa shape index (κ3) is 5.00. The Kier molecular flexibility index (Phi) is 6.75. The fourth-order valence-corrected chi connectivity index (χ4v) is 3.17. The third-order valence-corrected chi connectivity index (χ3v) is 4.87. The summed E-state index contributed by atoms with van der Waals surface area (Å²) in [6.45, 7) is 5.66. The number of rotatable bonds is 8. The number of nitriles is 1. The second-order valence-corrected chi connectivity index (χ2v) is 7.80. The van der Waals surface area contributed by atoms with Crippen molar-refractivity contribution >= 4 is 22.8 Å². The highest BCUT2D eigenvalue weighted by Gasteiger charge is 2.25. The predicted octanol–water partition coefficient (Wildman–Crippen LogP) is 3.20. The summed E-state index contributed by atoms with van der Waals surface area (Å²) in [4.78, 5) is 25.8. The zero-order chi connectivity index (χ0) is 24.1. The molecule has 1 atom stereocenters. The summed E-state index contributed by atoms with van der Waals surface area (Å²) in [6.07, 6.45) is 3.42. The number of benzene rings is 1. The van der Waals surface area contributed by atoms with Crippen LogP contribution in [-0.4, -0.2) is 49.5 Å². The highest BCUT2D eigenvalue weighted by molar-refractivity contribution is 5.94. The van der Waals surface area contributed by atoms with Crippen LogP contribution in [0, 0.1) is 18.3 Å². The van der Waals surface area contributed by atoms with E-state index in [1.807, 2.05) is 32.9 Å². The summed E-state index contributed by atoms with van der Waals surface area (Å²) in [7, 11) is 0. The molecule has 34 heavy (non-hydrogen) atoms. The van der Waals surface area contributed by atoms with Crippen molar-refractivity contribution in [2.45, 2.75) is 33.0 Å². The van der Waals surface area contributed by atoms with Gasteiger partial charge in [-0.25, -0.2) is 19.6 Å². The Balaban J connectivity index is 1.64. The average Bonchev–Trinajstić information content (AvgIpc) is 3.27. The number of aryl methyl sites for hydroxylation is 1. The van der Waals surface area contributed by atoms with E-state index >= 15 is 0 Å². The minimum atomic E-state index is -1.00. The maximum Gasteiger partial charge on any atom is 0.269 e. The topological polar surface area (TPSA) is 128 Å². The van der Waals surface area contributed by atoms with Gasteiger partial charge in [0.2, 0.25) is 12.0 Å². The Morgan fingerprint density at radius 1 is 1.15 bits per heavy atom. The standard InChI is InChI=1S/C24H23N7O3/c1-15(2)33-13-20(23(32)30-21-9-8-16(3)11-26-21)34-24-18-12-29-31(22(18)27-14-28-24)19-7-5-4-6-17(19)10-25/h4-9,11-12,14-15,20H,13H2,1-3H3,(H,26,30,32)/t20-/m0/s1. The van der Waals surface area contributed by atoms with Gasteiger partial charge in [0.1, 0.15) is 23.6 Å². The summed E-state index contributed by atoms with van der Waals surface area (Å²) in [5.41, 5.74) is 2.44. The number of carbonyl (C=O) groups is 1. The molecule has 0 aliphatic carbocycles. The summed E-state index contributed by atoms with van der Waals surface area (Å²) < 4.78 is 13.2. The lowest BCUT2D eigenvalue weighted by Gasteiger charge is -2.19. The Morgan fingerprint density at radius 3 is 2.71 bits per heavy atom. The number of hydrogen-bond donors (Lipinski definition) is 1. The van der Waals surface area contributed by atoms with Crippen LogP contribution in [0.1, 0.15) is 25.0 Å². The molecule has 0 fully saturated rings. The zero-order valence-electron chi connectivity index (χ0n) is 19.0. The molecule has 1 N–H and O–H groups in total. The minimum Gasteiger partial charge on any atom is -0.461 e. The lowest BCUT2D eigenvalue weighted by Crippen LogP contribution is -2.38. The first-order valence-electron chi connectivity index (χ1n) is 10.7. The van der Waals surface area contributed by atoms with Crippen molar-refractivity contribution in [3.05, 3.63) is 66.2 Å². The van der Waals surface area contributed by atoms with E-state index in [9.17, 15) is 10.1 Å². The van der Waals surface area contributed by atoms with Gasteiger partial charge in [0.05, 0.1) is 30.2 Å². The molecule has 0 bridgehead atoms. The molecule has 1 aromatic carbocycles. The number of fused-ring (bicyclic) bond motifs is 1. The van der Waals surface area contributed by atoms with E-state index in [0.717, 1.165) is 5.56 Å².